The second-order valence-corrected chi connectivity index (χ2v) is 3.43. The van der Waals surface area contributed by atoms with Gasteiger partial charge in [-0.1, -0.05) is 19.3 Å². The van der Waals surface area contributed by atoms with Crippen LogP contribution in [0.3, 0.4) is 0 Å². The molecule has 4 heteroatoms. The predicted molar refractivity (Wildman–Crippen MR) is 58.7 cm³/mol. The Morgan fingerprint density at radius 2 is 2.53 bits per heavy atom. The highest BCUT2D eigenvalue weighted by Gasteiger charge is 2.15. The van der Waals surface area contributed by atoms with Gasteiger partial charge in [0.25, 0.3) is 5.91 Å². The predicted octanol–water partition coefficient (Wildman–Crippen LogP) is 2.46. The summed E-state index contributed by atoms with van der Waals surface area (Å²) in [5.74, 6) is 2.21. The third-order valence-corrected chi connectivity index (χ3v) is 2.24. The van der Waals surface area contributed by atoms with E-state index >= 15 is 0 Å². The van der Waals surface area contributed by atoms with Gasteiger partial charge in [0.1, 0.15) is 0 Å². The maximum atomic E-state index is 11.6. The van der Waals surface area contributed by atoms with Gasteiger partial charge in [0.15, 0.2) is 0 Å². The second-order valence-electron chi connectivity index (χ2n) is 3.09. The molecule has 0 fully saturated rings. The van der Waals surface area contributed by atoms with Crippen molar-refractivity contribution in [3.8, 4) is 12.3 Å². The van der Waals surface area contributed by atoms with Crippen molar-refractivity contribution in [3.05, 3.63) is 23.1 Å². The van der Waals surface area contributed by atoms with Gasteiger partial charge in [-0.2, -0.15) is 0 Å². The average Bonchev–Trinajstić information content (AvgIpc) is 2.63. The molecule has 1 unspecified atom stereocenters. The van der Waals surface area contributed by atoms with E-state index in [-0.39, 0.29) is 17.2 Å². The van der Waals surface area contributed by atoms with Gasteiger partial charge in [-0.25, -0.2) is 0 Å². The van der Waals surface area contributed by atoms with Crippen molar-refractivity contribution in [2.45, 2.75) is 25.8 Å². The van der Waals surface area contributed by atoms with E-state index in [1.165, 1.54) is 12.3 Å². The molecule has 0 aliphatic rings. The Kier molecular flexibility index (Phi) is 4.26. The Hall–Kier alpha value is -1.40. The summed E-state index contributed by atoms with van der Waals surface area (Å²) in [5, 5.41) is 2.77. The Labute approximate surface area is 93.8 Å². The molecule has 1 aromatic heterocycles. The molecular weight excluding hydrogens is 214 g/mol. The lowest BCUT2D eigenvalue weighted by atomic mass is 10.1. The van der Waals surface area contributed by atoms with Crippen LogP contribution >= 0.6 is 11.6 Å². The molecule has 1 rings (SSSR count). The van der Waals surface area contributed by atoms with E-state index in [9.17, 15) is 4.79 Å². The zero-order valence-electron chi connectivity index (χ0n) is 8.42. The van der Waals surface area contributed by atoms with Crippen molar-refractivity contribution >= 4 is 17.5 Å². The van der Waals surface area contributed by atoms with E-state index in [4.69, 9.17) is 22.4 Å². The van der Waals surface area contributed by atoms with Crippen LogP contribution in [0.2, 0.25) is 5.22 Å². The highest BCUT2D eigenvalue weighted by atomic mass is 35.5. The standard InChI is InChI=1S/C11H12ClNO2/c1-3-5-8(4-2)13-11(14)9-6-7-15-10(9)12/h2,6-8H,3,5H2,1H3,(H,13,14). The summed E-state index contributed by atoms with van der Waals surface area (Å²) < 4.78 is 4.81. The van der Waals surface area contributed by atoms with Crippen molar-refractivity contribution < 1.29 is 9.21 Å². The third kappa shape index (κ3) is 3.03. The maximum Gasteiger partial charge on any atom is 0.257 e. The molecular formula is C11H12ClNO2. The van der Waals surface area contributed by atoms with Crippen molar-refractivity contribution in [1.29, 1.82) is 0 Å². The summed E-state index contributed by atoms with van der Waals surface area (Å²) in [6.07, 6.45) is 8.30. The van der Waals surface area contributed by atoms with E-state index in [1.807, 2.05) is 6.92 Å². The van der Waals surface area contributed by atoms with Gasteiger partial charge in [-0.3, -0.25) is 4.79 Å². The van der Waals surface area contributed by atoms with Gasteiger partial charge in [0.2, 0.25) is 5.22 Å². The number of halogens is 1. The van der Waals surface area contributed by atoms with Crippen LogP contribution in [0.15, 0.2) is 16.7 Å². The van der Waals surface area contributed by atoms with Crippen molar-refractivity contribution in [2.75, 3.05) is 0 Å². The van der Waals surface area contributed by atoms with Gasteiger partial charge >= 0.3 is 0 Å². The molecule has 80 valence electrons. The van der Waals surface area contributed by atoms with Gasteiger partial charge in [0, 0.05) is 0 Å². The minimum Gasteiger partial charge on any atom is -0.452 e. The summed E-state index contributed by atoms with van der Waals surface area (Å²) in [4.78, 5) is 11.6. The summed E-state index contributed by atoms with van der Waals surface area (Å²) in [5.41, 5.74) is 0.313. The molecule has 15 heavy (non-hydrogen) atoms. The second kappa shape index (κ2) is 5.47. The number of carbonyl (C=O) groups excluding carboxylic acids is 1. The number of rotatable bonds is 4. The molecule has 0 aromatic carbocycles. The van der Waals surface area contributed by atoms with Crippen molar-refractivity contribution in [2.24, 2.45) is 0 Å². The molecule has 3 nitrogen and oxygen atoms in total. The van der Waals surface area contributed by atoms with Crippen molar-refractivity contribution in [3.63, 3.8) is 0 Å². The molecule has 0 bridgehead atoms. The fraction of sp³-hybridized carbons (Fsp3) is 0.364. The number of nitrogens with one attached hydrogen (secondary N) is 1. The minimum atomic E-state index is -0.301. The van der Waals surface area contributed by atoms with E-state index < -0.39 is 0 Å². The van der Waals surface area contributed by atoms with Gasteiger partial charge in [-0.15, -0.1) is 6.42 Å². The smallest absolute Gasteiger partial charge is 0.257 e. The zero-order valence-corrected chi connectivity index (χ0v) is 9.17. The molecule has 0 aliphatic heterocycles. The fourth-order valence-corrected chi connectivity index (χ4v) is 1.38. The molecule has 1 heterocycles. The number of hydrogen-bond donors (Lipinski definition) is 1. The zero-order chi connectivity index (χ0) is 11.3. The molecule has 1 atom stereocenters. The van der Waals surface area contributed by atoms with E-state index in [0.29, 0.717) is 5.56 Å². The highest BCUT2D eigenvalue weighted by molar-refractivity contribution is 6.32. The SMILES string of the molecule is C#CC(CCC)NC(=O)c1ccoc1Cl. The quantitative estimate of drug-likeness (QED) is 0.800. The van der Waals surface area contributed by atoms with E-state index in [0.717, 1.165) is 12.8 Å². The monoisotopic (exact) mass is 225 g/mol. The normalized spacial score (nSPS) is 11.8. The molecule has 1 aromatic rings. The molecule has 0 saturated heterocycles. The molecule has 0 saturated carbocycles. The minimum absolute atomic E-state index is 0.0831. The van der Waals surface area contributed by atoms with Crippen molar-refractivity contribution in [1.82, 2.24) is 5.32 Å². The topological polar surface area (TPSA) is 42.2 Å². The van der Waals surface area contributed by atoms with Crippen LogP contribution < -0.4 is 5.32 Å². The number of carbonyl (C=O) groups is 1. The van der Waals surface area contributed by atoms with Gasteiger partial charge < -0.3 is 9.73 Å². The lowest BCUT2D eigenvalue weighted by Crippen LogP contribution is -2.33. The number of terminal acetylenes is 1. The first-order valence-corrected chi connectivity index (χ1v) is 5.06. The first-order chi connectivity index (χ1) is 7.19. The Morgan fingerprint density at radius 3 is 3.00 bits per heavy atom. The molecule has 0 spiro atoms. The van der Waals surface area contributed by atoms with Crippen LogP contribution in [0.1, 0.15) is 30.1 Å². The summed E-state index contributed by atoms with van der Waals surface area (Å²) >= 11 is 5.66. The van der Waals surface area contributed by atoms with Crippen LogP contribution in [0.25, 0.3) is 0 Å². The Morgan fingerprint density at radius 1 is 1.80 bits per heavy atom. The number of amides is 1. The van der Waals surface area contributed by atoms with Crippen LogP contribution in [0, 0.1) is 12.3 Å². The van der Waals surface area contributed by atoms with Crippen LogP contribution in [0.4, 0.5) is 0 Å². The molecule has 1 amide bonds. The van der Waals surface area contributed by atoms with Gasteiger partial charge in [0.05, 0.1) is 17.9 Å². The lowest BCUT2D eigenvalue weighted by molar-refractivity contribution is 0.0944. The summed E-state index contributed by atoms with van der Waals surface area (Å²) in [6, 6.07) is 1.26. The summed E-state index contributed by atoms with van der Waals surface area (Å²) in [6.45, 7) is 2.00. The molecule has 0 aliphatic carbocycles. The van der Waals surface area contributed by atoms with Crippen LogP contribution in [-0.2, 0) is 0 Å². The van der Waals surface area contributed by atoms with E-state index in [2.05, 4.69) is 11.2 Å². The third-order valence-electron chi connectivity index (χ3n) is 1.95. The number of hydrogen-bond acceptors (Lipinski definition) is 2. The average molecular weight is 226 g/mol. The van der Waals surface area contributed by atoms with Crippen LogP contribution in [0.5, 0.6) is 0 Å². The Balaban J connectivity index is 2.64. The maximum absolute atomic E-state index is 11.6. The Bertz CT molecular complexity index is 378. The van der Waals surface area contributed by atoms with Crippen LogP contribution in [-0.4, -0.2) is 11.9 Å². The molecule has 0 radical (unpaired) electrons. The first kappa shape index (κ1) is 11.7. The summed E-state index contributed by atoms with van der Waals surface area (Å²) in [7, 11) is 0. The highest BCUT2D eigenvalue weighted by Crippen LogP contribution is 2.16. The molecule has 1 N–H and O–H groups in total. The largest absolute Gasteiger partial charge is 0.452 e. The number of furan rings is 1. The first-order valence-electron chi connectivity index (χ1n) is 4.69. The fourth-order valence-electron chi connectivity index (χ4n) is 1.18. The van der Waals surface area contributed by atoms with E-state index in [1.54, 1.807) is 0 Å². The van der Waals surface area contributed by atoms with Gasteiger partial charge in [-0.05, 0) is 24.1 Å². The lowest BCUT2D eigenvalue weighted by Gasteiger charge is -2.10.